The molecule has 1 aliphatic heterocycles. The summed E-state index contributed by atoms with van der Waals surface area (Å²) in [5.74, 6) is -0.0693. The Labute approximate surface area is 98.4 Å². The lowest BCUT2D eigenvalue weighted by atomic mass is 10.0. The Balaban J connectivity index is 2.13. The summed E-state index contributed by atoms with van der Waals surface area (Å²) in [7, 11) is 0. The van der Waals surface area contributed by atoms with Crippen LogP contribution in [0, 0.1) is 6.92 Å². The molecule has 17 heavy (non-hydrogen) atoms. The van der Waals surface area contributed by atoms with Gasteiger partial charge in [-0.2, -0.15) is 0 Å². The molecule has 4 nitrogen and oxygen atoms in total. The molecule has 0 bridgehead atoms. The fourth-order valence-corrected chi connectivity index (χ4v) is 1.95. The Morgan fingerprint density at radius 3 is 3.00 bits per heavy atom. The van der Waals surface area contributed by atoms with E-state index in [4.69, 9.17) is 0 Å². The summed E-state index contributed by atoms with van der Waals surface area (Å²) in [6.07, 6.45) is 5.10. The standard InChI is InChI=1S/C13H11N3O/c1-8-2-3-12-10(4-8)11(13(17)16-12)5-9-6-14-7-15-9/h2-7H,1H3,(H,14,15)(H,16,17). The number of hydrogen-bond acceptors (Lipinski definition) is 2. The van der Waals surface area contributed by atoms with E-state index in [-0.39, 0.29) is 5.91 Å². The van der Waals surface area contributed by atoms with Gasteiger partial charge in [-0.1, -0.05) is 11.6 Å². The van der Waals surface area contributed by atoms with Gasteiger partial charge in [-0.3, -0.25) is 4.79 Å². The topological polar surface area (TPSA) is 57.8 Å². The van der Waals surface area contributed by atoms with E-state index in [1.165, 1.54) is 0 Å². The van der Waals surface area contributed by atoms with Gasteiger partial charge in [-0.05, 0) is 25.1 Å². The van der Waals surface area contributed by atoms with Crippen LogP contribution in [0.25, 0.3) is 11.6 Å². The van der Waals surface area contributed by atoms with Crippen molar-refractivity contribution in [1.29, 1.82) is 0 Å². The molecule has 84 valence electrons. The van der Waals surface area contributed by atoms with Crippen molar-refractivity contribution in [2.75, 3.05) is 5.32 Å². The minimum Gasteiger partial charge on any atom is -0.345 e. The van der Waals surface area contributed by atoms with Crippen molar-refractivity contribution in [3.05, 3.63) is 47.5 Å². The predicted molar refractivity (Wildman–Crippen MR) is 66.3 cm³/mol. The Morgan fingerprint density at radius 1 is 1.35 bits per heavy atom. The summed E-state index contributed by atoms with van der Waals surface area (Å²) in [4.78, 5) is 18.7. The number of nitrogens with zero attached hydrogens (tertiary/aromatic N) is 1. The summed E-state index contributed by atoms with van der Waals surface area (Å²) in [6.45, 7) is 2.01. The number of aromatic nitrogens is 2. The van der Waals surface area contributed by atoms with Crippen LogP contribution in [0.1, 0.15) is 16.8 Å². The van der Waals surface area contributed by atoms with Crippen molar-refractivity contribution < 1.29 is 4.79 Å². The molecular formula is C13H11N3O. The van der Waals surface area contributed by atoms with E-state index < -0.39 is 0 Å². The van der Waals surface area contributed by atoms with Crippen molar-refractivity contribution >= 4 is 23.2 Å². The normalized spacial score (nSPS) is 16.1. The first-order valence-electron chi connectivity index (χ1n) is 5.36. The lowest BCUT2D eigenvalue weighted by Gasteiger charge is -1.99. The zero-order valence-corrected chi connectivity index (χ0v) is 9.32. The van der Waals surface area contributed by atoms with Gasteiger partial charge in [0.2, 0.25) is 0 Å². The molecule has 2 aromatic rings. The average molecular weight is 225 g/mol. The number of anilines is 1. The van der Waals surface area contributed by atoms with Crippen LogP contribution in [-0.4, -0.2) is 15.9 Å². The fraction of sp³-hybridized carbons (Fsp3) is 0.0769. The van der Waals surface area contributed by atoms with Crippen LogP contribution in [-0.2, 0) is 4.79 Å². The summed E-state index contributed by atoms with van der Waals surface area (Å²) >= 11 is 0. The van der Waals surface area contributed by atoms with Gasteiger partial charge in [0.15, 0.2) is 0 Å². The number of H-pyrrole nitrogens is 1. The van der Waals surface area contributed by atoms with Crippen LogP contribution in [0.5, 0.6) is 0 Å². The van der Waals surface area contributed by atoms with E-state index in [9.17, 15) is 4.79 Å². The molecule has 1 aliphatic rings. The summed E-state index contributed by atoms with van der Waals surface area (Å²) in [6, 6.07) is 5.92. The number of benzene rings is 1. The Bertz CT molecular complexity index is 612. The molecule has 0 aliphatic carbocycles. The molecular weight excluding hydrogens is 214 g/mol. The number of carbonyl (C=O) groups excluding carboxylic acids is 1. The summed E-state index contributed by atoms with van der Waals surface area (Å²) < 4.78 is 0. The molecule has 1 amide bonds. The van der Waals surface area contributed by atoms with Crippen molar-refractivity contribution in [3.8, 4) is 0 Å². The highest BCUT2D eigenvalue weighted by molar-refractivity contribution is 6.34. The van der Waals surface area contributed by atoms with E-state index in [1.807, 2.05) is 31.2 Å². The Hall–Kier alpha value is -2.36. The van der Waals surface area contributed by atoms with E-state index in [0.717, 1.165) is 22.5 Å². The van der Waals surface area contributed by atoms with Gasteiger partial charge in [0, 0.05) is 11.3 Å². The van der Waals surface area contributed by atoms with Gasteiger partial charge < -0.3 is 10.3 Å². The number of fused-ring (bicyclic) bond motifs is 1. The highest BCUT2D eigenvalue weighted by Gasteiger charge is 2.23. The molecule has 0 unspecified atom stereocenters. The van der Waals surface area contributed by atoms with E-state index >= 15 is 0 Å². The van der Waals surface area contributed by atoms with E-state index in [2.05, 4.69) is 15.3 Å². The van der Waals surface area contributed by atoms with Gasteiger partial charge in [0.1, 0.15) is 0 Å². The molecule has 0 atom stereocenters. The highest BCUT2D eigenvalue weighted by atomic mass is 16.2. The second-order valence-corrected chi connectivity index (χ2v) is 4.07. The lowest BCUT2D eigenvalue weighted by Crippen LogP contribution is -2.03. The first kappa shape index (κ1) is 9.84. The Morgan fingerprint density at radius 2 is 2.24 bits per heavy atom. The number of hydrogen-bond donors (Lipinski definition) is 2. The maximum Gasteiger partial charge on any atom is 0.256 e. The molecule has 1 aromatic heterocycles. The number of rotatable bonds is 1. The van der Waals surface area contributed by atoms with E-state index in [0.29, 0.717) is 5.57 Å². The van der Waals surface area contributed by atoms with Crippen LogP contribution in [0.2, 0.25) is 0 Å². The molecule has 2 N–H and O–H groups in total. The quantitative estimate of drug-likeness (QED) is 0.731. The minimum absolute atomic E-state index is 0.0693. The molecule has 0 fully saturated rings. The second-order valence-electron chi connectivity index (χ2n) is 4.07. The van der Waals surface area contributed by atoms with Crippen LogP contribution in [0.15, 0.2) is 30.7 Å². The second kappa shape index (κ2) is 3.59. The maximum atomic E-state index is 11.9. The van der Waals surface area contributed by atoms with Crippen molar-refractivity contribution in [2.45, 2.75) is 6.92 Å². The van der Waals surface area contributed by atoms with Crippen LogP contribution >= 0.6 is 0 Å². The van der Waals surface area contributed by atoms with Gasteiger partial charge in [-0.15, -0.1) is 0 Å². The van der Waals surface area contributed by atoms with Crippen molar-refractivity contribution in [2.24, 2.45) is 0 Å². The summed E-state index contributed by atoms with van der Waals surface area (Å²) in [5.41, 5.74) is 4.45. The lowest BCUT2D eigenvalue weighted by molar-refractivity contribution is -0.110. The zero-order valence-electron chi connectivity index (χ0n) is 9.32. The molecule has 2 heterocycles. The fourth-order valence-electron chi connectivity index (χ4n) is 1.95. The van der Waals surface area contributed by atoms with E-state index in [1.54, 1.807) is 12.5 Å². The van der Waals surface area contributed by atoms with Crippen LogP contribution < -0.4 is 5.32 Å². The van der Waals surface area contributed by atoms with Gasteiger partial charge in [0.05, 0.1) is 23.8 Å². The molecule has 3 rings (SSSR count). The molecule has 1 aromatic carbocycles. The number of aryl methyl sites for hydroxylation is 1. The first-order chi connectivity index (χ1) is 8.24. The molecule has 4 heteroatoms. The largest absolute Gasteiger partial charge is 0.345 e. The van der Waals surface area contributed by atoms with Gasteiger partial charge in [0.25, 0.3) is 5.91 Å². The van der Waals surface area contributed by atoms with Crippen molar-refractivity contribution in [1.82, 2.24) is 9.97 Å². The summed E-state index contributed by atoms with van der Waals surface area (Å²) in [5, 5.41) is 2.85. The van der Waals surface area contributed by atoms with Crippen LogP contribution in [0.3, 0.4) is 0 Å². The zero-order chi connectivity index (χ0) is 11.8. The van der Waals surface area contributed by atoms with Gasteiger partial charge in [-0.25, -0.2) is 4.98 Å². The predicted octanol–water partition coefficient (Wildman–Crippen LogP) is 2.21. The molecule has 0 spiro atoms. The maximum absolute atomic E-state index is 11.9. The van der Waals surface area contributed by atoms with Gasteiger partial charge >= 0.3 is 0 Å². The monoisotopic (exact) mass is 225 g/mol. The third-order valence-electron chi connectivity index (χ3n) is 2.78. The third kappa shape index (κ3) is 1.63. The molecule has 0 saturated heterocycles. The SMILES string of the molecule is Cc1ccc2c(c1)C(=Cc1cnc[nH]1)C(=O)N2. The number of carbonyl (C=O) groups is 1. The number of amides is 1. The first-order valence-corrected chi connectivity index (χ1v) is 5.36. The molecule has 0 saturated carbocycles. The van der Waals surface area contributed by atoms with Crippen LogP contribution in [0.4, 0.5) is 5.69 Å². The number of imidazole rings is 1. The number of aromatic amines is 1. The number of nitrogens with one attached hydrogen (secondary N) is 2. The highest BCUT2D eigenvalue weighted by Crippen LogP contribution is 2.33. The molecule has 0 radical (unpaired) electrons. The average Bonchev–Trinajstić information content (AvgIpc) is 2.90. The Kier molecular flexibility index (Phi) is 2.08. The van der Waals surface area contributed by atoms with Crippen molar-refractivity contribution in [3.63, 3.8) is 0 Å². The smallest absolute Gasteiger partial charge is 0.256 e. The third-order valence-corrected chi connectivity index (χ3v) is 2.78. The minimum atomic E-state index is -0.0693.